The van der Waals surface area contributed by atoms with Gasteiger partial charge in [-0.15, -0.1) is 11.3 Å². The minimum Gasteiger partial charge on any atom is -0.144 e. The van der Waals surface area contributed by atoms with Crippen LogP contribution in [0.1, 0.15) is 33.3 Å². The molecule has 0 saturated carbocycles. The van der Waals surface area contributed by atoms with Gasteiger partial charge in [-0.1, -0.05) is 11.1 Å². The molecule has 0 aliphatic carbocycles. The maximum atomic E-state index is 2.24. The molecule has 0 aromatic carbocycles. The van der Waals surface area contributed by atoms with Gasteiger partial charge in [-0.25, -0.2) is 0 Å². The first-order valence-electron chi connectivity index (χ1n) is 4.23. The van der Waals surface area contributed by atoms with Gasteiger partial charge in [0.15, 0.2) is 0 Å². The van der Waals surface area contributed by atoms with Gasteiger partial charge in [0, 0.05) is 4.53 Å². The highest BCUT2D eigenvalue weighted by Gasteiger charge is 1.96. The monoisotopic (exact) mass is 180 g/mol. The summed E-state index contributed by atoms with van der Waals surface area (Å²) in [5.41, 5.74) is 4.26. The minimum absolute atomic E-state index is 1.41. The van der Waals surface area contributed by atoms with Crippen molar-refractivity contribution in [2.24, 2.45) is 0 Å². The molecule has 1 heteroatoms. The molecule has 0 amide bonds. The van der Waals surface area contributed by atoms with Crippen molar-refractivity contribution in [1.82, 2.24) is 0 Å². The summed E-state index contributed by atoms with van der Waals surface area (Å²) in [5, 5.41) is 3.70. The van der Waals surface area contributed by atoms with Gasteiger partial charge in [0.25, 0.3) is 0 Å². The summed E-state index contributed by atoms with van der Waals surface area (Å²) in [6, 6.07) is 0. The average Bonchev–Trinajstić information content (AvgIpc) is 2.30. The SMILES string of the molecule is CC(C)=c1scc(C)c1=C(C)C. The lowest BCUT2D eigenvalue weighted by molar-refractivity contribution is 1.39. The largest absolute Gasteiger partial charge is 0.144 e. The van der Waals surface area contributed by atoms with Crippen LogP contribution in [0.15, 0.2) is 5.38 Å². The van der Waals surface area contributed by atoms with Crippen molar-refractivity contribution in [2.75, 3.05) is 0 Å². The quantitative estimate of drug-likeness (QED) is 0.575. The lowest BCUT2D eigenvalue weighted by atomic mass is 10.1. The molecule has 1 aromatic rings. The lowest BCUT2D eigenvalue weighted by Crippen LogP contribution is -2.23. The van der Waals surface area contributed by atoms with Gasteiger partial charge in [-0.2, -0.15) is 0 Å². The van der Waals surface area contributed by atoms with Crippen LogP contribution in [-0.4, -0.2) is 0 Å². The first-order chi connectivity index (χ1) is 5.54. The molecule has 0 saturated heterocycles. The number of hydrogen-bond donors (Lipinski definition) is 0. The van der Waals surface area contributed by atoms with Crippen molar-refractivity contribution in [3.05, 3.63) is 20.7 Å². The molecule has 0 nitrogen and oxygen atoms in total. The van der Waals surface area contributed by atoms with E-state index in [2.05, 4.69) is 40.0 Å². The summed E-state index contributed by atoms with van der Waals surface area (Å²) in [4.78, 5) is 0. The zero-order valence-corrected chi connectivity index (χ0v) is 9.30. The summed E-state index contributed by atoms with van der Waals surface area (Å²) in [6.45, 7) is 10.9. The summed E-state index contributed by atoms with van der Waals surface area (Å²) in [6.07, 6.45) is 0. The Hall–Kier alpha value is -0.560. The minimum atomic E-state index is 1.41. The Balaban J connectivity index is 3.80. The Labute approximate surface area is 78.2 Å². The van der Waals surface area contributed by atoms with Crippen LogP contribution in [0.2, 0.25) is 0 Å². The van der Waals surface area contributed by atoms with E-state index in [0.29, 0.717) is 0 Å². The second kappa shape index (κ2) is 3.44. The standard InChI is InChI=1S/C11H16S/c1-7(2)10-9(5)6-12-11(10)8(3)4/h6H,1-5H3. The number of thiophene rings is 1. The highest BCUT2D eigenvalue weighted by molar-refractivity contribution is 7.08. The molecule has 0 spiro atoms. The molecular weight excluding hydrogens is 164 g/mol. The Bertz CT molecular complexity index is 385. The smallest absolute Gasteiger partial charge is 0.0331 e. The Kier molecular flexibility index (Phi) is 2.73. The van der Waals surface area contributed by atoms with E-state index >= 15 is 0 Å². The van der Waals surface area contributed by atoms with Gasteiger partial charge in [0.05, 0.1) is 0 Å². The first-order valence-corrected chi connectivity index (χ1v) is 5.11. The maximum Gasteiger partial charge on any atom is 0.0331 e. The van der Waals surface area contributed by atoms with Gasteiger partial charge in [-0.3, -0.25) is 0 Å². The lowest BCUT2D eigenvalue weighted by Gasteiger charge is -1.91. The second-order valence-electron chi connectivity index (χ2n) is 3.62. The van der Waals surface area contributed by atoms with Crippen molar-refractivity contribution in [1.29, 1.82) is 0 Å². The molecule has 0 fully saturated rings. The molecule has 66 valence electrons. The predicted octanol–water partition coefficient (Wildman–Crippen LogP) is 2.44. The van der Waals surface area contributed by atoms with E-state index in [0.717, 1.165) is 0 Å². The van der Waals surface area contributed by atoms with E-state index in [1.165, 1.54) is 26.5 Å². The Morgan fingerprint density at radius 3 is 2.00 bits per heavy atom. The predicted molar refractivity (Wildman–Crippen MR) is 57.8 cm³/mol. The van der Waals surface area contributed by atoms with Gasteiger partial charge in [0.1, 0.15) is 0 Å². The van der Waals surface area contributed by atoms with Crippen LogP contribution in [0.3, 0.4) is 0 Å². The van der Waals surface area contributed by atoms with E-state index in [9.17, 15) is 0 Å². The fraction of sp³-hybridized carbons (Fsp3) is 0.455. The fourth-order valence-corrected chi connectivity index (χ4v) is 2.56. The van der Waals surface area contributed by atoms with E-state index in [1.54, 1.807) is 0 Å². The van der Waals surface area contributed by atoms with Crippen LogP contribution < -0.4 is 9.75 Å². The van der Waals surface area contributed by atoms with Crippen LogP contribution >= 0.6 is 11.3 Å². The zero-order chi connectivity index (χ0) is 9.30. The number of aryl methyl sites for hydroxylation is 1. The van der Waals surface area contributed by atoms with Crippen molar-refractivity contribution >= 4 is 22.5 Å². The summed E-state index contributed by atoms with van der Waals surface area (Å²) in [5.74, 6) is 0. The molecular formula is C11H16S. The Morgan fingerprint density at radius 1 is 1.08 bits per heavy atom. The normalized spacial score (nSPS) is 10.1. The Morgan fingerprint density at radius 2 is 1.67 bits per heavy atom. The van der Waals surface area contributed by atoms with E-state index in [-0.39, 0.29) is 0 Å². The van der Waals surface area contributed by atoms with Crippen molar-refractivity contribution < 1.29 is 0 Å². The topological polar surface area (TPSA) is 0 Å². The summed E-state index contributed by atoms with van der Waals surface area (Å²) >= 11 is 1.85. The molecule has 1 rings (SSSR count). The summed E-state index contributed by atoms with van der Waals surface area (Å²) < 4.78 is 1.45. The molecule has 0 aliphatic rings. The van der Waals surface area contributed by atoms with Crippen LogP contribution in [0.4, 0.5) is 0 Å². The molecule has 1 aromatic heterocycles. The molecule has 0 unspecified atom stereocenters. The molecule has 0 radical (unpaired) electrons. The van der Waals surface area contributed by atoms with Gasteiger partial charge in [-0.05, 0) is 50.8 Å². The number of hydrogen-bond acceptors (Lipinski definition) is 1. The van der Waals surface area contributed by atoms with E-state index in [1.807, 2.05) is 11.3 Å². The summed E-state index contributed by atoms with van der Waals surface area (Å²) in [7, 11) is 0. The highest BCUT2D eigenvalue weighted by Crippen LogP contribution is 1.97. The zero-order valence-electron chi connectivity index (χ0n) is 8.49. The maximum absolute atomic E-state index is 2.24. The third-order valence-electron chi connectivity index (χ3n) is 1.93. The second-order valence-corrected chi connectivity index (χ2v) is 4.50. The van der Waals surface area contributed by atoms with Crippen LogP contribution in [0.5, 0.6) is 0 Å². The molecule has 1 heterocycles. The first kappa shape index (κ1) is 9.53. The molecule has 0 atom stereocenters. The van der Waals surface area contributed by atoms with Crippen molar-refractivity contribution in [2.45, 2.75) is 34.6 Å². The molecule has 0 aliphatic heterocycles. The third kappa shape index (κ3) is 1.61. The molecule has 0 bridgehead atoms. The van der Waals surface area contributed by atoms with Crippen molar-refractivity contribution in [3.8, 4) is 0 Å². The van der Waals surface area contributed by atoms with E-state index in [4.69, 9.17) is 0 Å². The van der Waals surface area contributed by atoms with Gasteiger partial charge in [0.2, 0.25) is 0 Å². The van der Waals surface area contributed by atoms with E-state index < -0.39 is 0 Å². The highest BCUT2D eigenvalue weighted by atomic mass is 32.1. The number of rotatable bonds is 0. The van der Waals surface area contributed by atoms with Crippen LogP contribution in [0.25, 0.3) is 11.1 Å². The van der Waals surface area contributed by atoms with Crippen LogP contribution in [0, 0.1) is 6.92 Å². The third-order valence-corrected chi connectivity index (χ3v) is 3.25. The van der Waals surface area contributed by atoms with Crippen molar-refractivity contribution in [3.63, 3.8) is 0 Å². The fourth-order valence-electron chi connectivity index (χ4n) is 1.43. The van der Waals surface area contributed by atoms with Gasteiger partial charge >= 0.3 is 0 Å². The van der Waals surface area contributed by atoms with Crippen LogP contribution in [-0.2, 0) is 0 Å². The molecule has 12 heavy (non-hydrogen) atoms. The molecule has 0 N–H and O–H groups in total. The van der Waals surface area contributed by atoms with Gasteiger partial charge < -0.3 is 0 Å². The average molecular weight is 180 g/mol.